The average molecular weight is 383 g/mol. The molecule has 7 heteroatoms. The molecule has 0 radical (unpaired) electrons. The summed E-state index contributed by atoms with van der Waals surface area (Å²) < 4.78 is 5.90. The Labute approximate surface area is 159 Å². The van der Waals surface area contributed by atoms with Gasteiger partial charge in [-0.3, -0.25) is 14.5 Å². The highest BCUT2D eigenvalue weighted by Gasteiger charge is 2.35. The van der Waals surface area contributed by atoms with Gasteiger partial charge < -0.3 is 14.7 Å². The lowest BCUT2D eigenvalue weighted by Gasteiger charge is -2.32. The molecule has 0 bridgehead atoms. The van der Waals surface area contributed by atoms with Gasteiger partial charge in [0.1, 0.15) is 5.75 Å². The minimum absolute atomic E-state index is 0.0159. The fourth-order valence-corrected chi connectivity index (χ4v) is 3.49. The summed E-state index contributed by atoms with van der Waals surface area (Å²) in [7, 11) is 1.82. The number of ether oxygens (including phenoxy) is 1. The zero-order valence-electron chi connectivity index (χ0n) is 15.6. The van der Waals surface area contributed by atoms with E-state index in [0.29, 0.717) is 23.9 Å². The van der Waals surface area contributed by atoms with Gasteiger partial charge in [0.2, 0.25) is 0 Å². The minimum atomic E-state index is -1.00. The molecule has 6 nitrogen and oxygen atoms in total. The summed E-state index contributed by atoms with van der Waals surface area (Å²) in [6.45, 7) is 4.78. The quantitative estimate of drug-likeness (QED) is 0.819. The first-order chi connectivity index (χ1) is 12.2. The Hall–Kier alpha value is -1.79. The Bertz CT molecular complexity index is 650. The van der Waals surface area contributed by atoms with Crippen molar-refractivity contribution < 1.29 is 19.4 Å². The first-order valence-electron chi connectivity index (χ1n) is 8.85. The molecule has 1 heterocycles. The number of likely N-dealkylation sites (tertiary alicyclic amines) is 1. The number of benzene rings is 1. The Morgan fingerprint density at radius 2 is 2.08 bits per heavy atom. The fourth-order valence-electron chi connectivity index (χ4n) is 3.31. The SMILES string of the molecule is CN(CC(=O)O)C1CCCN(C(=O)C(C)(C)Oc2cccc(Cl)c2)CC1. The van der Waals surface area contributed by atoms with Gasteiger partial charge in [0.25, 0.3) is 5.91 Å². The molecule has 1 aromatic carbocycles. The van der Waals surface area contributed by atoms with E-state index in [4.69, 9.17) is 21.4 Å². The number of carboxylic acids is 1. The molecule has 1 saturated heterocycles. The van der Waals surface area contributed by atoms with Crippen LogP contribution in [-0.2, 0) is 9.59 Å². The molecule has 2 rings (SSSR count). The minimum Gasteiger partial charge on any atom is -0.480 e. The highest BCUT2D eigenvalue weighted by molar-refractivity contribution is 6.30. The van der Waals surface area contributed by atoms with Crippen LogP contribution in [0.4, 0.5) is 0 Å². The third-order valence-corrected chi connectivity index (χ3v) is 4.91. The number of likely N-dealkylation sites (N-methyl/N-ethyl adjacent to an activating group) is 1. The van der Waals surface area contributed by atoms with E-state index in [9.17, 15) is 9.59 Å². The van der Waals surface area contributed by atoms with Gasteiger partial charge in [0.05, 0.1) is 6.54 Å². The van der Waals surface area contributed by atoms with Crippen LogP contribution in [0.1, 0.15) is 33.1 Å². The number of amides is 1. The molecule has 1 fully saturated rings. The summed E-state index contributed by atoms with van der Waals surface area (Å²) in [5.74, 6) is -0.343. The first kappa shape index (κ1) is 20.5. The maximum atomic E-state index is 13.0. The Morgan fingerprint density at radius 3 is 2.73 bits per heavy atom. The summed E-state index contributed by atoms with van der Waals surface area (Å²) in [5, 5.41) is 9.52. The van der Waals surface area contributed by atoms with E-state index < -0.39 is 11.6 Å². The van der Waals surface area contributed by atoms with Crippen molar-refractivity contribution in [3.63, 3.8) is 0 Å². The number of rotatable bonds is 6. The maximum Gasteiger partial charge on any atom is 0.317 e. The van der Waals surface area contributed by atoms with E-state index in [2.05, 4.69) is 0 Å². The van der Waals surface area contributed by atoms with Gasteiger partial charge in [-0.2, -0.15) is 0 Å². The highest BCUT2D eigenvalue weighted by Crippen LogP contribution is 2.25. The standard InChI is InChI=1S/C19H27ClN2O4/c1-19(2,26-16-8-4-6-14(20)12-16)18(25)22-10-5-7-15(9-11-22)21(3)13-17(23)24/h4,6,8,12,15H,5,7,9-11,13H2,1-3H3,(H,23,24). The number of carboxylic acid groups (broad SMARTS) is 1. The molecule has 0 saturated carbocycles. The van der Waals surface area contributed by atoms with Crippen LogP contribution in [0.25, 0.3) is 0 Å². The molecule has 0 aromatic heterocycles. The van der Waals surface area contributed by atoms with E-state index in [0.717, 1.165) is 19.3 Å². The molecule has 1 aromatic rings. The van der Waals surface area contributed by atoms with E-state index in [-0.39, 0.29) is 18.5 Å². The summed E-state index contributed by atoms with van der Waals surface area (Å²) in [5.41, 5.74) is -1.00. The summed E-state index contributed by atoms with van der Waals surface area (Å²) in [6.07, 6.45) is 2.47. The lowest BCUT2D eigenvalue weighted by molar-refractivity contribution is -0.145. The molecule has 144 valence electrons. The molecule has 0 spiro atoms. The molecule has 1 atom stereocenters. The van der Waals surface area contributed by atoms with Crippen molar-refractivity contribution in [3.8, 4) is 5.75 Å². The zero-order valence-corrected chi connectivity index (χ0v) is 16.3. The highest BCUT2D eigenvalue weighted by atomic mass is 35.5. The van der Waals surface area contributed by atoms with Gasteiger partial charge in [0.15, 0.2) is 5.60 Å². The second-order valence-corrected chi connectivity index (χ2v) is 7.69. The Balaban J connectivity index is 1.98. The van der Waals surface area contributed by atoms with Gasteiger partial charge in [0, 0.05) is 24.2 Å². The second kappa shape index (κ2) is 8.73. The molecule has 1 aliphatic rings. The van der Waals surface area contributed by atoms with Crippen LogP contribution >= 0.6 is 11.6 Å². The third kappa shape index (κ3) is 5.61. The van der Waals surface area contributed by atoms with Crippen molar-refractivity contribution >= 4 is 23.5 Å². The summed E-state index contributed by atoms with van der Waals surface area (Å²) >= 11 is 5.98. The van der Waals surface area contributed by atoms with Gasteiger partial charge in [-0.1, -0.05) is 17.7 Å². The number of hydrogen-bond donors (Lipinski definition) is 1. The summed E-state index contributed by atoms with van der Waals surface area (Å²) in [6, 6.07) is 7.18. The monoisotopic (exact) mass is 382 g/mol. The zero-order chi connectivity index (χ0) is 19.3. The lowest BCUT2D eigenvalue weighted by Crippen LogP contribution is -2.49. The van der Waals surface area contributed by atoms with E-state index >= 15 is 0 Å². The smallest absolute Gasteiger partial charge is 0.317 e. The number of hydrogen-bond acceptors (Lipinski definition) is 4. The maximum absolute atomic E-state index is 13.0. The molecule has 1 unspecified atom stereocenters. The predicted molar refractivity (Wildman–Crippen MR) is 101 cm³/mol. The van der Waals surface area contributed by atoms with Crippen LogP contribution in [0.3, 0.4) is 0 Å². The lowest BCUT2D eigenvalue weighted by atomic mass is 10.1. The second-order valence-electron chi connectivity index (χ2n) is 7.26. The molecular weight excluding hydrogens is 356 g/mol. The van der Waals surface area contributed by atoms with Crippen LogP contribution in [0.15, 0.2) is 24.3 Å². The summed E-state index contributed by atoms with van der Waals surface area (Å²) in [4.78, 5) is 27.6. The molecular formula is C19H27ClN2O4. The normalized spacial score (nSPS) is 18.5. The largest absolute Gasteiger partial charge is 0.480 e. The van der Waals surface area contributed by atoms with E-state index in [1.165, 1.54) is 0 Å². The number of halogens is 1. The van der Waals surface area contributed by atoms with Crippen molar-refractivity contribution in [2.75, 3.05) is 26.7 Å². The van der Waals surface area contributed by atoms with E-state index in [1.54, 1.807) is 38.1 Å². The Kier molecular flexibility index (Phi) is 6.89. The van der Waals surface area contributed by atoms with Gasteiger partial charge >= 0.3 is 5.97 Å². The number of nitrogens with zero attached hydrogens (tertiary/aromatic N) is 2. The fraction of sp³-hybridized carbons (Fsp3) is 0.579. The van der Waals surface area contributed by atoms with Crippen molar-refractivity contribution in [2.45, 2.75) is 44.8 Å². The van der Waals surface area contributed by atoms with Gasteiger partial charge in [-0.15, -0.1) is 0 Å². The molecule has 0 aliphatic carbocycles. The molecule has 1 aliphatic heterocycles. The Morgan fingerprint density at radius 1 is 1.35 bits per heavy atom. The van der Waals surface area contributed by atoms with E-state index in [1.807, 2.05) is 16.8 Å². The van der Waals surface area contributed by atoms with Gasteiger partial charge in [-0.05, 0) is 58.4 Å². The van der Waals surface area contributed by atoms with Gasteiger partial charge in [-0.25, -0.2) is 0 Å². The van der Waals surface area contributed by atoms with Crippen molar-refractivity contribution in [1.82, 2.24) is 9.80 Å². The third-order valence-electron chi connectivity index (χ3n) is 4.68. The van der Waals surface area contributed by atoms with Crippen molar-refractivity contribution in [2.24, 2.45) is 0 Å². The first-order valence-corrected chi connectivity index (χ1v) is 9.23. The average Bonchev–Trinajstić information content (AvgIpc) is 2.79. The van der Waals surface area contributed by atoms with Crippen LogP contribution in [0.5, 0.6) is 5.75 Å². The number of carbonyl (C=O) groups is 2. The molecule has 26 heavy (non-hydrogen) atoms. The molecule has 1 amide bonds. The van der Waals surface area contributed by atoms with Crippen LogP contribution in [0, 0.1) is 0 Å². The molecule has 1 N–H and O–H groups in total. The van der Waals surface area contributed by atoms with Crippen LogP contribution < -0.4 is 4.74 Å². The van der Waals surface area contributed by atoms with Crippen LogP contribution in [0.2, 0.25) is 5.02 Å². The number of aliphatic carboxylic acids is 1. The van der Waals surface area contributed by atoms with Crippen molar-refractivity contribution in [3.05, 3.63) is 29.3 Å². The predicted octanol–water partition coefficient (Wildman–Crippen LogP) is 2.89. The van der Waals surface area contributed by atoms with Crippen LogP contribution in [-0.4, -0.2) is 65.1 Å². The topological polar surface area (TPSA) is 70.1 Å². The number of carbonyl (C=O) groups excluding carboxylic acids is 1. The van der Waals surface area contributed by atoms with Crippen molar-refractivity contribution in [1.29, 1.82) is 0 Å².